The molecule has 0 aromatic heterocycles. The van der Waals surface area contributed by atoms with E-state index in [0.29, 0.717) is 5.92 Å². The third-order valence-corrected chi connectivity index (χ3v) is 6.02. The van der Waals surface area contributed by atoms with Crippen molar-refractivity contribution >= 4 is 40.0 Å². The fourth-order valence-corrected chi connectivity index (χ4v) is 4.42. The standard InChI is InChI=1S/C14H13IN2S.C12H18.ClH.Ru/c15-18-17-14(12-9-5-2-6-10-12)13(16)11-7-3-1-4-8-11;1-9(2)12-6-5-10(3)7-11(4)8-12;;/h1-10,13-14,16H;5-7,9H,8H2,1-4H3;1H;/q-2;;;+3/p-1/t13?,14-;;;/m0.../s1. The van der Waals surface area contributed by atoms with Crippen LogP contribution in [0, 0.1) is 5.92 Å². The predicted molar refractivity (Wildman–Crippen MR) is 149 cm³/mol. The van der Waals surface area contributed by atoms with Crippen LogP contribution in [-0.4, -0.2) is 0 Å². The molecule has 0 amide bonds. The molecule has 2 atom stereocenters. The van der Waals surface area contributed by atoms with E-state index >= 15 is 0 Å². The summed E-state index contributed by atoms with van der Waals surface area (Å²) in [5.74, 6) is 0.676. The molecule has 1 aliphatic rings. The first-order valence-corrected chi connectivity index (χ1v) is 15.9. The molecule has 0 aliphatic heterocycles. The number of rotatable bonds is 6. The smallest absolute Gasteiger partial charge is 0.0279 e. The third-order valence-electron chi connectivity index (χ3n) is 5.03. The van der Waals surface area contributed by atoms with E-state index in [1.165, 1.54) is 20.3 Å². The van der Waals surface area contributed by atoms with Crippen molar-refractivity contribution in [3.8, 4) is 0 Å². The number of hydrogen-bond donors (Lipinski definition) is 0. The minimum atomic E-state index is -0.365. The minimum Gasteiger partial charge on any atom is -0.672 e. The van der Waals surface area contributed by atoms with E-state index in [0.717, 1.165) is 17.5 Å². The summed E-state index contributed by atoms with van der Waals surface area (Å²) in [4.78, 5) is 0. The van der Waals surface area contributed by atoms with Gasteiger partial charge in [-0.1, -0.05) is 121 Å². The Morgan fingerprint density at radius 2 is 1.47 bits per heavy atom. The quantitative estimate of drug-likeness (QED) is 0.172. The molecule has 0 spiro atoms. The summed E-state index contributed by atoms with van der Waals surface area (Å²) < 4.78 is 4.49. The van der Waals surface area contributed by atoms with Gasteiger partial charge in [-0.15, -0.1) is 12.1 Å². The van der Waals surface area contributed by atoms with Crippen molar-refractivity contribution in [1.82, 2.24) is 0 Å². The second kappa shape index (κ2) is 17.1. The van der Waals surface area contributed by atoms with Crippen molar-refractivity contribution in [2.24, 2.45) is 5.92 Å². The van der Waals surface area contributed by atoms with Crippen molar-refractivity contribution in [2.75, 3.05) is 0 Å². The molecular weight excluding hydrogens is 636 g/mol. The molecule has 2 aromatic carbocycles. The molecule has 3 rings (SSSR count). The van der Waals surface area contributed by atoms with Crippen molar-refractivity contribution in [3.63, 3.8) is 0 Å². The van der Waals surface area contributed by atoms with Crippen LogP contribution >= 0.6 is 40.0 Å². The SMILES string of the molecule is CC1=CC=C(C(C)C)CC(C)=C1.[Cl][Ru+2].[NH-]C(c1ccccc1)[C@@H]([N-]SI)c1ccccc1. The molecular formula is C26H31ClIN2RuS. The van der Waals surface area contributed by atoms with E-state index < -0.39 is 0 Å². The fourth-order valence-electron chi connectivity index (χ4n) is 3.35. The van der Waals surface area contributed by atoms with Crippen LogP contribution in [-0.2, 0) is 17.3 Å². The van der Waals surface area contributed by atoms with Gasteiger partial charge in [-0.2, -0.15) is 0 Å². The van der Waals surface area contributed by atoms with E-state index in [2.05, 4.69) is 81.5 Å². The maximum absolute atomic E-state index is 8.40. The van der Waals surface area contributed by atoms with Crippen LogP contribution in [0.15, 0.2) is 95.6 Å². The van der Waals surface area contributed by atoms with Gasteiger partial charge in [-0.05, 0) is 47.4 Å². The number of benzene rings is 2. The number of halogens is 2. The van der Waals surface area contributed by atoms with E-state index in [9.17, 15) is 0 Å². The van der Waals surface area contributed by atoms with Crippen LogP contribution in [0.5, 0.6) is 0 Å². The summed E-state index contributed by atoms with van der Waals surface area (Å²) in [6.07, 6.45) is 7.90. The molecule has 173 valence electrons. The van der Waals surface area contributed by atoms with Crippen LogP contribution in [0.1, 0.15) is 57.3 Å². The summed E-state index contributed by atoms with van der Waals surface area (Å²) in [6, 6.07) is 19.4. The summed E-state index contributed by atoms with van der Waals surface area (Å²) in [7, 11) is 5.97. The monoisotopic (exact) mass is 667 g/mol. The second-order valence-electron chi connectivity index (χ2n) is 7.89. The predicted octanol–water partition coefficient (Wildman–Crippen LogP) is 10.4. The van der Waals surface area contributed by atoms with Crippen molar-refractivity contribution in [1.29, 1.82) is 0 Å². The van der Waals surface area contributed by atoms with E-state index in [-0.39, 0.29) is 12.1 Å². The zero-order valence-electron chi connectivity index (χ0n) is 18.9. The second-order valence-corrected chi connectivity index (χ2v) is 9.42. The normalized spacial score (nSPS) is 14.9. The van der Waals surface area contributed by atoms with Gasteiger partial charge in [-0.3, -0.25) is 0 Å². The molecule has 2 aromatic rings. The summed E-state index contributed by atoms with van der Waals surface area (Å²) >= 11 is 3.97. The number of nitrogens with one attached hydrogen (secondary N) is 1. The average Bonchev–Trinajstić information content (AvgIpc) is 3.00. The molecule has 6 heteroatoms. The topological polar surface area (TPSA) is 37.9 Å². The van der Waals surface area contributed by atoms with E-state index in [1.807, 2.05) is 78.0 Å². The summed E-state index contributed by atoms with van der Waals surface area (Å²) in [6.45, 7) is 8.88. The molecule has 2 nitrogen and oxygen atoms in total. The largest absolute Gasteiger partial charge is 0.672 e. The first-order chi connectivity index (χ1) is 15.4. The molecule has 0 saturated heterocycles. The van der Waals surface area contributed by atoms with Gasteiger partial charge in [0.15, 0.2) is 0 Å². The number of hydrogen-bond acceptors (Lipinski definition) is 1. The zero-order chi connectivity index (χ0) is 23.9. The Balaban J connectivity index is 0.000000318. The molecule has 0 heterocycles. The van der Waals surface area contributed by atoms with Crippen LogP contribution < -0.4 is 0 Å². The van der Waals surface area contributed by atoms with Gasteiger partial charge in [0.1, 0.15) is 0 Å². The first-order valence-electron chi connectivity index (χ1n) is 10.4. The van der Waals surface area contributed by atoms with Gasteiger partial charge < -0.3 is 10.5 Å². The Hall–Kier alpha value is -0.427. The van der Waals surface area contributed by atoms with Gasteiger partial charge >= 0.3 is 27.0 Å². The molecule has 1 N–H and O–H groups in total. The minimum absolute atomic E-state index is 0.129. The molecule has 0 saturated carbocycles. The van der Waals surface area contributed by atoms with E-state index in [1.54, 1.807) is 5.57 Å². The van der Waals surface area contributed by atoms with Crippen LogP contribution in [0.2, 0.25) is 0 Å². The summed E-state index contributed by atoms with van der Waals surface area (Å²) in [5, 5.41) is 0. The molecule has 0 radical (unpaired) electrons. The molecule has 0 fully saturated rings. The van der Waals surface area contributed by atoms with Crippen molar-refractivity contribution < 1.29 is 17.3 Å². The van der Waals surface area contributed by atoms with Crippen LogP contribution in [0.25, 0.3) is 10.5 Å². The third kappa shape index (κ3) is 10.7. The average molecular weight is 667 g/mol. The number of allylic oxidation sites excluding steroid dienone is 6. The first kappa shape index (κ1) is 29.6. The molecule has 0 bridgehead atoms. The van der Waals surface area contributed by atoms with Gasteiger partial charge in [0.25, 0.3) is 0 Å². The van der Waals surface area contributed by atoms with Gasteiger partial charge in [0, 0.05) is 0 Å². The zero-order valence-corrected chi connectivity index (χ0v) is 24.4. The van der Waals surface area contributed by atoms with Crippen LogP contribution in [0.3, 0.4) is 0 Å². The molecule has 1 aliphatic carbocycles. The molecule has 1 unspecified atom stereocenters. The maximum Gasteiger partial charge on any atom is -0.0279 e. The summed E-state index contributed by atoms with van der Waals surface area (Å²) in [5.41, 5.74) is 14.9. The van der Waals surface area contributed by atoms with Gasteiger partial charge in [-0.25, -0.2) is 9.12 Å². The Bertz CT molecular complexity index is 870. The Morgan fingerprint density at radius 3 is 1.97 bits per heavy atom. The Morgan fingerprint density at radius 1 is 0.938 bits per heavy atom. The van der Waals surface area contributed by atoms with Gasteiger partial charge in [0.2, 0.25) is 0 Å². The van der Waals surface area contributed by atoms with E-state index in [4.69, 9.17) is 5.73 Å². The van der Waals surface area contributed by atoms with Crippen molar-refractivity contribution in [3.05, 3.63) is 117 Å². The maximum atomic E-state index is 8.40. The van der Waals surface area contributed by atoms with Crippen LogP contribution in [0.4, 0.5) is 0 Å². The van der Waals surface area contributed by atoms with Gasteiger partial charge in [0.05, 0.1) is 0 Å². The Labute approximate surface area is 225 Å². The Kier molecular flexibility index (Phi) is 15.8. The van der Waals surface area contributed by atoms with Crippen molar-refractivity contribution in [2.45, 2.75) is 46.2 Å². The molecule has 32 heavy (non-hydrogen) atoms. The number of nitrogens with zero attached hydrogens (tertiary/aromatic N) is 1. The fraction of sp³-hybridized carbons (Fsp3) is 0.308.